The molecule has 22 heavy (non-hydrogen) atoms. The summed E-state index contributed by atoms with van der Waals surface area (Å²) in [6.07, 6.45) is 1.73. The Morgan fingerprint density at radius 2 is 2.09 bits per heavy atom. The number of nitrogens with zero attached hydrogens (tertiary/aromatic N) is 2. The van der Waals surface area contributed by atoms with E-state index in [9.17, 15) is 4.79 Å². The summed E-state index contributed by atoms with van der Waals surface area (Å²) < 4.78 is 5.61. The molecule has 0 bridgehead atoms. The topological polar surface area (TPSA) is 64.1 Å². The van der Waals surface area contributed by atoms with Crippen LogP contribution in [0.25, 0.3) is 0 Å². The number of benzene rings is 1. The third kappa shape index (κ3) is 3.69. The summed E-state index contributed by atoms with van der Waals surface area (Å²) in [5.74, 6) is 0.523. The third-order valence-corrected chi connectivity index (χ3v) is 4.29. The number of amides is 1. The molecule has 2 aromatic heterocycles. The zero-order valence-corrected chi connectivity index (χ0v) is 13.4. The number of carbonyl (C=O) groups is 1. The van der Waals surface area contributed by atoms with Crippen molar-refractivity contribution in [3.8, 4) is 5.75 Å². The molecule has 1 aromatic carbocycles. The maximum absolute atomic E-state index is 12.1. The first kappa shape index (κ1) is 14.7. The second-order valence-electron chi connectivity index (χ2n) is 4.52. The fourth-order valence-corrected chi connectivity index (χ4v) is 2.95. The van der Waals surface area contributed by atoms with Gasteiger partial charge in [-0.1, -0.05) is 0 Å². The van der Waals surface area contributed by atoms with E-state index in [0.717, 1.165) is 10.6 Å². The highest BCUT2D eigenvalue weighted by Gasteiger charge is 2.08. The highest BCUT2D eigenvalue weighted by molar-refractivity contribution is 7.15. The third-order valence-electron chi connectivity index (χ3n) is 2.83. The molecule has 1 amide bonds. The molecule has 7 heteroatoms. The number of carbonyl (C=O) groups excluding carboxylic acids is 1. The molecule has 2 heterocycles. The van der Waals surface area contributed by atoms with E-state index in [4.69, 9.17) is 4.74 Å². The molecule has 5 nitrogen and oxygen atoms in total. The molecular weight excluding hydrogens is 318 g/mol. The first-order chi connectivity index (χ1) is 10.7. The number of aromatic nitrogens is 2. The Kier molecular flexibility index (Phi) is 4.45. The normalized spacial score (nSPS) is 10.4. The number of rotatable bonds is 5. The van der Waals surface area contributed by atoms with Gasteiger partial charge < -0.3 is 4.74 Å². The molecule has 0 unspecified atom stereocenters. The first-order valence-corrected chi connectivity index (χ1v) is 8.30. The van der Waals surface area contributed by atoms with Gasteiger partial charge in [0.15, 0.2) is 5.13 Å². The highest BCUT2D eigenvalue weighted by atomic mass is 32.1. The highest BCUT2D eigenvalue weighted by Crippen LogP contribution is 2.19. The van der Waals surface area contributed by atoms with Gasteiger partial charge in [-0.15, -0.1) is 22.7 Å². The van der Waals surface area contributed by atoms with Gasteiger partial charge in [0.25, 0.3) is 5.91 Å². The minimum Gasteiger partial charge on any atom is -0.487 e. The lowest BCUT2D eigenvalue weighted by molar-refractivity contribution is 0.102. The minimum atomic E-state index is -0.180. The van der Waals surface area contributed by atoms with Crippen LogP contribution in [0.5, 0.6) is 5.75 Å². The van der Waals surface area contributed by atoms with Gasteiger partial charge in [-0.2, -0.15) is 0 Å². The van der Waals surface area contributed by atoms with E-state index in [0.29, 0.717) is 23.1 Å². The maximum Gasteiger partial charge on any atom is 0.257 e. The molecule has 0 aliphatic rings. The Labute approximate surface area is 135 Å². The molecule has 0 spiro atoms. The van der Waals surface area contributed by atoms with Crippen molar-refractivity contribution in [1.82, 2.24) is 9.97 Å². The van der Waals surface area contributed by atoms with Crippen LogP contribution in [-0.2, 0) is 6.61 Å². The Balaban J connectivity index is 1.59. The molecule has 0 saturated heterocycles. The van der Waals surface area contributed by atoms with E-state index in [1.807, 2.05) is 12.3 Å². The van der Waals surface area contributed by atoms with Crippen molar-refractivity contribution in [3.63, 3.8) is 0 Å². The fourth-order valence-electron chi connectivity index (χ4n) is 1.75. The van der Waals surface area contributed by atoms with Crippen molar-refractivity contribution in [2.75, 3.05) is 5.32 Å². The zero-order valence-electron chi connectivity index (χ0n) is 11.8. The lowest BCUT2D eigenvalue weighted by atomic mass is 10.2. The maximum atomic E-state index is 12.1. The number of hydrogen-bond donors (Lipinski definition) is 1. The summed E-state index contributed by atoms with van der Waals surface area (Å²) >= 11 is 2.98. The van der Waals surface area contributed by atoms with Gasteiger partial charge in [0.1, 0.15) is 12.4 Å². The predicted octanol–water partition coefficient (Wildman–Crippen LogP) is 3.74. The van der Waals surface area contributed by atoms with E-state index in [2.05, 4.69) is 15.3 Å². The Hall–Kier alpha value is -2.25. The van der Waals surface area contributed by atoms with Crippen molar-refractivity contribution in [1.29, 1.82) is 0 Å². The van der Waals surface area contributed by atoms with E-state index < -0.39 is 0 Å². The largest absolute Gasteiger partial charge is 0.487 e. The van der Waals surface area contributed by atoms with E-state index in [-0.39, 0.29) is 5.91 Å². The number of nitrogens with one attached hydrogen (secondary N) is 1. The monoisotopic (exact) mass is 331 g/mol. The minimum absolute atomic E-state index is 0.180. The Bertz CT molecular complexity index is 751. The first-order valence-electron chi connectivity index (χ1n) is 6.54. The van der Waals surface area contributed by atoms with Crippen LogP contribution in [0.1, 0.15) is 20.9 Å². The molecule has 0 radical (unpaired) electrons. The summed E-state index contributed by atoms with van der Waals surface area (Å²) in [6.45, 7) is 2.37. The number of aryl methyl sites for hydroxylation is 1. The number of anilines is 1. The lowest BCUT2D eigenvalue weighted by Gasteiger charge is -2.06. The predicted molar refractivity (Wildman–Crippen MR) is 87.7 cm³/mol. The van der Waals surface area contributed by atoms with Crippen LogP contribution in [0.15, 0.2) is 41.4 Å². The standard InChI is InChI=1S/C15H13N3O2S2/c1-10-6-16-15(22-10)18-14(19)11-2-4-13(5-3-11)20-7-12-8-21-9-17-12/h2-6,8-9H,7H2,1H3,(H,16,18,19). The number of hydrogen-bond acceptors (Lipinski definition) is 6. The SMILES string of the molecule is Cc1cnc(NC(=O)c2ccc(OCc3cscn3)cc2)s1. The molecule has 3 aromatic rings. The Morgan fingerprint density at radius 1 is 1.27 bits per heavy atom. The van der Waals surface area contributed by atoms with Gasteiger partial charge in [-0.3, -0.25) is 10.1 Å². The molecule has 112 valence electrons. The van der Waals surface area contributed by atoms with Crippen LogP contribution < -0.4 is 10.1 Å². The second kappa shape index (κ2) is 6.67. The van der Waals surface area contributed by atoms with Crippen LogP contribution in [-0.4, -0.2) is 15.9 Å². The summed E-state index contributed by atoms with van der Waals surface area (Å²) in [6, 6.07) is 7.00. The zero-order chi connectivity index (χ0) is 15.4. The summed E-state index contributed by atoms with van der Waals surface area (Å²) in [4.78, 5) is 21.4. The molecule has 3 rings (SSSR count). The molecule has 0 fully saturated rings. The average Bonchev–Trinajstić information content (AvgIpc) is 3.17. The van der Waals surface area contributed by atoms with Crippen LogP contribution in [0.4, 0.5) is 5.13 Å². The molecule has 0 aliphatic carbocycles. The Morgan fingerprint density at radius 3 is 2.73 bits per heavy atom. The molecule has 0 aliphatic heterocycles. The summed E-state index contributed by atoms with van der Waals surface area (Å²) in [5.41, 5.74) is 3.23. The van der Waals surface area contributed by atoms with Gasteiger partial charge in [-0.25, -0.2) is 9.97 Å². The quantitative estimate of drug-likeness (QED) is 0.773. The van der Waals surface area contributed by atoms with Crippen molar-refractivity contribution in [3.05, 3.63) is 57.5 Å². The van der Waals surface area contributed by atoms with E-state index in [1.54, 1.807) is 36.0 Å². The molecular formula is C15H13N3O2S2. The number of ether oxygens (including phenoxy) is 1. The van der Waals surface area contributed by atoms with Crippen molar-refractivity contribution < 1.29 is 9.53 Å². The van der Waals surface area contributed by atoms with Gasteiger partial charge in [0.05, 0.1) is 11.2 Å². The smallest absolute Gasteiger partial charge is 0.257 e. The van der Waals surface area contributed by atoms with Crippen LogP contribution in [0, 0.1) is 6.92 Å². The number of thiazole rings is 2. The van der Waals surface area contributed by atoms with Gasteiger partial charge in [-0.05, 0) is 31.2 Å². The molecule has 1 N–H and O–H groups in total. The van der Waals surface area contributed by atoms with Crippen LogP contribution >= 0.6 is 22.7 Å². The van der Waals surface area contributed by atoms with Crippen LogP contribution in [0.2, 0.25) is 0 Å². The second-order valence-corrected chi connectivity index (χ2v) is 6.48. The molecule has 0 saturated carbocycles. The van der Waals surface area contributed by atoms with Crippen molar-refractivity contribution >= 4 is 33.7 Å². The fraction of sp³-hybridized carbons (Fsp3) is 0.133. The van der Waals surface area contributed by atoms with Gasteiger partial charge >= 0.3 is 0 Å². The lowest BCUT2D eigenvalue weighted by Crippen LogP contribution is -2.11. The summed E-state index contributed by atoms with van der Waals surface area (Å²) in [5, 5.41) is 5.32. The van der Waals surface area contributed by atoms with Gasteiger partial charge in [0, 0.05) is 22.0 Å². The van der Waals surface area contributed by atoms with E-state index >= 15 is 0 Å². The van der Waals surface area contributed by atoms with Crippen LogP contribution in [0.3, 0.4) is 0 Å². The van der Waals surface area contributed by atoms with Gasteiger partial charge in [0.2, 0.25) is 0 Å². The van der Waals surface area contributed by atoms with Crippen molar-refractivity contribution in [2.45, 2.75) is 13.5 Å². The summed E-state index contributed by atoms with van der Waals surface area (Å²) in [7, 11) is 0. The van der Waals surface area contributed by atoms with Crippen molar-refractivity contribution in [2.24, 2.45) is 0 Å². The van der Waals surface area contributed by atoms with E-state index in [1.165, 1.54) is 22.7 Å². The molecule has 0 atom stereocenters. The average molecular weight is 331 g/mol.